The summed E-state index contributed by atoms with van der Waals surface area (Å²) >= 11 is 0. The SMILES string of the molecule is C=C(C)CC(C#N)N(C)C. The first kappa shape index (κ1) is 9.19. The van der Waals surface area contributed by atoms with E-state index in [0.717, 1.165) is 12.0 Å². The van der Waals surface area contributed by atoms with Gasteiger partial charge in [-0.2, -0.15) is 5.26 Å². The molecule has 1 atom stereocenters. The summed E-state index contributed by atoms with van der Waals surface area (Å²) in [5.41, 5.74) is 1.06. The van der Waals surface area contributed by atoms with Gasteiger partial charge in [-0.1, -0.05) is 5.57 Å². The lowest BCUT2D eigenvalue weighted by atomic mass is 10.1. The van der Waals surface area contributed by atoms with Gasteiger partial charge < -0.3 is 0 Å². The van der Waals surface area contributed by atoms with Gasteiger partial charge in [-0.15, -0.1) is 6.58 Å². The van der Waals surface area contributed by atoms with Gasteiger partial charge in [0, 0.05) is 0 Å². The molecular weight excluding hydrogens is 124 g/mol. The Morgan fingerprint density at radius 1 is 1.70 bits per heavy atom. The van der Waals surface area contributed by atoms with Gasteiger partial charge in [0.1, 0.15) is 6.04 Å². The summed E-state index contributed by atoms with van der Waals surface area (Å²) in [5, 5.41) is 8.61. The van der Waals surface area contributed by atoms with Crippen molar-refractivity contribution < 1.29 is 0 Å². The van der Waals surface area contributed by atoms with Crippen LogP contribution < -0.4 is 0 Å². The molecule has 0 aliphatic carbocycles. The van der Waals surface area contributed by atoms with Crippen LogP contribution in [0.15, 0.2) is 12.2 Å². The highest BCUT2D eigenvalue weighted by molar-refractivity contribution is 5.01. The Morgan fingerprint density at radius 2 is 2.20 bits per heavy atom. The third-order valence-corrected chi connectivity index (χ3v) is 1.31. The van der Waals surface area contributed by atoms with Crippen LogP contribution in [0.1, 0.15) is 13.3 Å². The Hall–Kier alpha value is -0.810. The number of nitriles is 1. The van der Waals surface area contributed by atoms with Crippen LogP contribution in [0.5, 0.6) is 0 Å². The van der Waals surface area contributed by atoms with Crippen molar-refractivity contribution in [1.82, 2.24) is 4.90 Å². The normalized spacial score (nSPS) is 12.7. The van der Waals surface area contributed by atoms with Crippen LogP contribution >= 0.6 is 0 Å². The monoisotopic (exact) mass is 138 g/mol. The molecule has 0 aliphatic heterocycles. The largest absolute Gasteiger partial charge is 0.294 e. The van der Waals surface area contributed by atoms with E-state index in [-0.39, 0.29) is 6.04 Å². The van der Waals surface area contributed by atoms with E-state index in [1.54, 1.807) is 0 Å². The Bertz CT molecular complexity index is 153. The molecule has 1 unspecified atom stereocenters. The van der Waals surface area contributed by atoms with E-state index in [1.807, 2.05) is 25.9 Å². The molecule has 0 aromatic carbocycles. The fourth-order valence-electron chi connectivity index (χ4n) is 0.674. The number of nitrogens with zero attached hydrogens (tertiary/aromatic N) is 2. The molecule has 0 N–H and O–H groups in total. The maximum absolute atomic E-state index is 8.61. The molecule has 0 aromatic heterocycles. The molecule has 2 nitrogen and oxygen atoms in total. The van der Waals surface area contributed by atoms with Gasteiger partial charge in [0.05, 0.1) is 6.07 Å². The molecule has 0 saturated heterocycles. The van der Waals surface area contributed by atoms with E-state index in [1.165, 1.54) is 0 Å². The van der Waals surface area contributed by atoms with Gasteiger partial charge in [0.2, 0.25) is 0 Å². The van der Waals surface area contributed by atoms with Crippen LogP contribution in [0.4, 0.5) is 0 Å². The highest BCUT2D eigenvalue weighted by atomic mass is 15.1. The fourth-order valence-corrected chi connectivity index (χ4v) is 0.674. The summed E-state index contributed by atoms with van der Waals surface area (Å²) in [6, 6.07) is 2.18. The zero-order valence-corrected chi connectivity index (χ0v) is 6.89. The second kappa shape index (κ2) is 4.08. The first-order valence-electron chi connectivity index (χ1n) is 3.28. The van der Waals surface area contributed by atoms with E-state index >= 15 is 0 Å². The van der Waals surface area contributed by atoms with Crippen molar-refractivity contribution in [2.45, 2.75) is 19.4 Å². The molecule has 10 heavy (non-hydrogen) atoms. The average molecular weight is 138 g/mol. The molecule has 2 heteroatoms. The highest BCUT2D eigenvalue weighted by Crippen LogP contribution is 2.04. The Balaban J connectivity index is 3.87. The molecule has 0 radical (unpaired) electrons. The van der Waals surface area contributed by atoms with Crippen molar-refractivity contribution in [2.24, 2.45) is 0 Å². The fraction of sp³-hybridized carbons (Fsp3) is 0.625. The maximum Gasteiger partial charge on any atom is 0.101 e. The summed E-state index contributed by atoms with van der Waals surface area (Å²) in [6.45, 7) is 5.69. The summed E-state index contributed by atoms with van der Waals surface area (Å²) in [7, 11) is 3.80. The zero-order valence-electron chi connectivity index (χ0n) is 6.89. The van der Waals surface area contributed by atoms with Gasteiger partial charge >= 0.3 is 0 Å². The minimum atomic E-state index is -0.0162. The molecule has 56 valence electrons. The van der Waals surface area contributed by atoms with Crippen LogP contribution in [0.2, 0.25) is 0 Å². The van der Waals surface area contributed by atoms with Crippen molar-refractivity contribution in [2.75, 3.05) is 14.1 Å². The van der Waals surface area contributed by atoms with Crippen molar-refractivity contribution in [3.8, 4) is 6.07 Å². The summed E-state index contributed by atoms with van der Waals surface area (Å²) < 4.78 is 0. The van der Waals surface area contributed by atoms with Gasteiger partial charge in [-0.25, -0.2) is 0 Å². The molecule has 0 bridgehead atoms. The lowest BCUT2D eigenvalue weighted by Gasteiger charge is -2.16. The van der Waals surface area contributed by atoms with Crippen molar-refractivity contribution in [3.63, 3.8) is 0 Å². The molecule has 0 fully saturated rings. The van der Waals surface area contributed by atoms with Crippen LogP contribution in [0, 0.1) is 11.3 Å². The molecule has 0 rings (SSSR count). The lowest BCUT2D eigenvalue weighted by molar-refractivity contribution is 0.348. The van der Waals surface area contributed by atoms with Gasteiger partial charge in [-0.3, -0.25) is 4.90 Å². The molecule has 0 aliphatic rings. The second-order valence-electron chi connectivity index (χ2n) is 2.77. The van der Waals surface area contributed by atoms with Crippen molar-refractivity contribution in [1.29, 1.82) is 5.26 Å². The Kier molecular flexibility index (Phi) is 3.75. The third kappa shape index (κ3) is 3.26. The molecular formula is C8H14N2. The number of rotatable bonds is 3. The van der Waals surface area contributed by atoms with Gasteiger partial charge in [0.25, 0.3) is 0 Å². The van der Waals surface area contributed by atoms with Crippen LogP contribution in [0.3, 0.4) is 0 Å². The predicted octanol–water partition coefficient (Wildman–Crippen LogP) is 1.41. The second-order valence-corrected chi connectivity index (χ2v) is 2.77. The standard InChI is InChI=1S/C8H14N2/c1-7(2)5-8(6-9)10(3)4/h8H,1,5H2,2-4H3. The van der Waals surface area contributed by atoms with E-state index in [4.69, 9.17) is 5.26 Å². The maximum atomic E-state index is 8.61. The summed E-state index contributed by atoms with van der Waals surface area (Å²) in [4.78, 5) is 1.90. The quantitative estimate of drug-likeness (QED) is 0.551. The minimum absolute atomic E-state index is 0.0162. The third-order valence-electron chi connectivity index (χ3n) is 1.31. The van der Waals surface area contributed by atoms with Crippen LogP contribution in [-0.2, 0) is 0 Å². The molecule has 0 aromatic rings. The van der Waals surface area contributed by atoms with Gasteiger partial charge in [-0.05, 0) is 27.4 Å². The van der Waals surface area contributed by atoms with E-state index in [2.05, 4.69) is 12.6 Å². The summed E-state index contributed by atoms with van der Waals surface area (Å²) in [6.07, 6.45) is 0.767. The molecule has 0 saturated carbocycles. The van der Waals surface area contributed by atoms with E-state index in [0.29, 0.717) is 0 Å². The smallest absolute Gasteiger partial charge is 0.101 e. The predicted molar refractivity (Wildman–Crippen MR) is 42.5 cm³/mol. The molecule has 0 spiro atoms. The minimum Gasteiger partial charge on any atom is -0.294 e. The molecule has 0 amide bonds. The Labute approximate surface area is 62.8 Å². The van der Waals surface area contributed by atoms with Crippen molar-refractivity contribution >= 4 is 0 Å². The topological polar surface area (TPSA) is 27.0 Å². The highest BCUT2D eigenvalue weighted by Gasteiger charge is 2.08. The van der Waals surface area contributed by atoms with Crippen molar-refractivity contribution in [3.05, 3.63) is 12.2 Å². The Morgan fingerprint density at radius 3 is 2.30 bits per heavy atom. The van der Waals surface area contributed by atoms with Crippen LogP contribution in [0.25, 0.3) is 0 Å². The zero-order chi connectivity index (χ0) is 8.15. The van der Waals surface area contributed by atoms with Gasteiger partial charge in [0.15, 0.2) is 0 Å². The molecule has 0 heterocycles. The lowest BCUT2D eigenvalue weighted by Crippen LogP contribution is -2.26. The number of hydrogen-bond donors (Lipinski definition) is 0. The van der Waals surface area contributed by atoms with Crippen LogP contribution in [-0.4, -0.2) is 25.0 Å². The van der Waals surface area contributed by atoms with E-state index in [9.17, 15) is 0 Å². The first-order chi connectivity index (χ1) is 4.57. The summed E-state index contributed by atoms with van der Waals surface area (Å²) in [5.74, 6) is 0. The van der Waals surface area contributed by atoms with E-state index < -0.39 is 0 Å². The average Bonchev–Trinajstić information content (AvgIpc) is 1.81. The first-order valence-corrected chi connectivity index (χ1v) is 3.28. The number of hydrogen-bond acceptors (Lipinski definition) is 2.